The lowest BCUT2D eigenvalue weighted by Crippen LogP contribution is -2.37. The minimum Gasteiger partial charge on any atom is -0.467 e. The first-order chi connectivity index (χ1) is 17.8. The van der Waals surface area contributed by atoms with Crippen molar-refractivity contribution in [3.8, 4) is 0 Å². The Kier molecular flexibility index (Phi) is 8.80. The van der Waals surface area contributed by atoms with E-state index in [2.05, 4.69) is 20.1 Å². The summed E-state index contributed by atoms with van der Waals surface area (Å²) in [5.41, 5.74) is -0.571. The summed E-state index contributed by atoms with van der Waals surface area (Å²) >= 11 is 0. The van der Waals surface area contributed by atoms with Crippen LogP contribution in [0.2, 0.25) is 0 Å². The summed E-state index contributed by atoms with van der Waals surface area (Å²) in [4.78, 5) is 21.2. The number of aromatic nitrogens is 1. The lowest BCUT2D eigenvalue weighted by atomic mass is 10.1. The van der Waals surface area contributed by atoms with Crippen molar-refractivity contribution in [1.29, 1.82) is 0 Å². The number of benzene rings is 1. The van der Waals surface area contributed by atoms with Crippen LogP contribution in [0, 0.1) is 0 Å². The highest BCUT2D eigenvalue weighted by atomic mass is 19.4. The smallest absolute Gasteiger partial charge is 0.416 e. The maximum atomic E-state index is 12.9. The molecule has 0 unspecified atom stereocenters. The summed E-state index contributed by atoms with van der Waals surface area (Å²) in [7, 11) is 0. The zero-order valence-electron chi connectivity index (χ0n) is 20.2. The number of alkyl halides is 3. The highest BCUT2D eigenvalue weighted by Gasteiger charge is 2.31. The third kappa shape index (κ3) is 7.78. The normalized spacial score (nSPS) is 15.8. The minimum atomic E-state index is -4.52. The van der Waals surface area contributed by atoms with Crippen LogP contribution in [0.5, 0.6) is 0 Å². The molecule has 0 radical (unpaired) electrons. The number of furan rings is 1. The van der Waals surface area contributed by atoms with Crippen molar-refractivity contribution in [2.75, 3.05) is 49.5 Å². The fraction of sp³-hybridized carbons (Fsp3) is 0.385. The highest BCUT2D eigenvalue weighted by Crippen LogP contribution is 2.29. The molecule has 1 amide bonds. The van der Waals surface area contributed by atoms with Crippen LogP contribution in [-0.2, 0) is 17.5 Å². The average molecular weight is 519 g/mol. The molecule has 1 fully saturated rings. The molecule has 3 heterocycles. The van der Waals surface area contributed by atoms with Gasteiger partial charge in [-0.2, -0.15) is 13.2 Å². The first-order valence-electron chi connectivity index (χ1n) is 12.0. The van der Waals surface area contributed by atoms with Crippen molar-refractivity contribution in [3.63, 3.8) is 0 Å². The highest BCUT2D eigenvalue weighted by molar-refractivity contribution is 6.04. The van der Waals surface area contributed by atoms with E-state index in [1.165, 1.54) is 18.3 Å². The number of carbonyl (C=O) groups excluding carboxylic acids is 1. The van der Waals surface area contributed by atoms with Gasteiger partial charge < -0.3 is 24.5 Å². The van der Waals surface area contributed by atoms with Crippen molar-refractivity contribution < 1.29 is 32.2 Å². The number of aliphatic hydroxyl groups is 1. The number of β-amino-alcohol motifs (C(OH)–C–C–N with tert-alkyl or cyclic N) is 1. The predicted octanol–water partition coefficient (Wildman–Crippen LogP) is 4.04. The number of rotatable bonds is 9. The molecule has 37 heavy (non-hydrogen) atoms. The maximum absolute atomic E-state index is 12.9. The molecule has 2 aromatic heterocycles. The van der Waals surface area contributed by atoms with Crippen LogP contribution in [-0.4, -0.2) is 66.3 Å². The number of nitrogens with zero attached hydrogens (tertiary/aromatic N) is 3. The first-order valence-corrected chi connectivity index (χ1v) is 12.0. The lowest BCUT2D eigenvalue weighted by molar-refractivity contribution is -0.137. The van der Waals surface area contributed by atoms with Gasteiger partial charge in [0.05, 0.1) is 36.4 Å². The summed E-state index contributed by atoms with van der Waals surface area (Å²) in [5.74, 6) is 0.811. The van der Waals surface area contributed by atoms with Gasteiger partial charge in [0.15, 0.2) is 0 Å². The summed E-state index contributed by atoms with van der Waals surface area (Å²) in [5, 5.41) is 12.9. The number of carbonyl (C=O) groups is 1. The Balaban J connectivity index is 1.25. The predicted molar refractivity (Wildman–Crippen MR) is 131 cm³/mol. The van der Waals surface area contributed by atoms with E-state index in [1.54, 1.807) is 24.5 Å². The molecule has 1 atom stereocenters. The Labute approximate surface area is 212 Å². The molecule has 1 aliphatic heterocycles. The Morgan fingerprint density at radius 2 is 2.00 bits per heavy atom. The van der Waals surface area contributed by atoms with Crippen molar-refractivity contribution in [2.45, 2.75) is 25.3 Å². The van der Waals surface area contributed by atoms with E-state index in [0.717, 1.165) is 44.0 Å². The van der Waals surface area contributed by atoms with Crippen molar-refractivity contribution in [3.05, 3.63) is 77.9 Å². The molecule has 2 N–H and O–H groups in total. The van der Waals surface area contributed by atoms with Crippen LogP contribution in [0.15, 0.2) is 65.4 Å². The van der Waals surface area contributed by atoms with Gasteiger partial charge in [-0.25, -0.2) is 4.98 Å². The number of ether oxygens (including phenoxy) is 1. The molecule has 1 aliphatic rings. The van der Waals surface area contributed by atoms with Gasteiger partial charge in [0, 0.05) is 31.7 Å². The zero-order chi connectivity index (χ0) is 26.3. The van der Waals surface area contributed by atoms with E-state index >= 15 is 0 Å². The molecular weight excluding hydrogens is 489 g/mol. The fourth-order valence-electron chi connectivity index (χ4n) is 4.11. The van der Waals surface area contributed by atoms with Crippen LogP contribution in [0.3, 0.4) is 0 Å². The van der Waals surface area contributed by atoms with Gasteiger partial charge in [-0.1, -0.05) is 6.07 Å². The first kappa shape index (κ1) is 26.6. The van der Waals surface area contributed by atoms with Crippen molar-refractivity contribution >= 4 is 17.4 Å². The second kappa shape index (κ2) is 12.2. The zero-order valence-corrected chi connectivity index (χ0v) is 20.2. The number of hydrogen-bond acceptors (Lipinski definition) is 7. The van der Waals surface area contributed by atoms with Crippen LogP contribution < -0.4 is 10.2 Å². The van der Waals surface area contributed by atoms with Crippen LogP contribution in [0.4, 0.5) is 24.7 Å². The lowest BCUT2D eigenvalue weighted by Gasteiger charge is -2.24. The van der Waals surface area contributed by atoms with Crippen LogP contribution in [0.1, 0.15) is 28.1 Å². The van der Waals surface area contributed by atoms with Gasteiger partial charge in [0.25, 0.3) is 5.91 Å². The summed E-state index contributed by atoms with van der Waals surface area (Å²) in [6.07, 6.45) is -1.18. The molecule has 1 saturated heterocycles. The molecule has 8 nitrogen and oxygen atoms in total. The van der Waals surface area contributed by atoms with E-state index in [4.69, 9.17) is 9.15 Å². The number of amides is 1. The number of anilines is 2. The van der Waals surface area contributed by atoms with E-state index in [9.17, 15) is 23.1 Å². The molecule has 0 saturated carbocycles. The largest absolute Gasteiger partial charge is 0.467 e. The van der Waals surface area contributed by atoms with Gasteiger partial charge in [0.1, 0.15) is 18.2 Å². The summed E-state index contributed by atoms with van der Waals surface area (Å²) in [6.45, 7) is 4.10. The topological polar surface area (TPSA) is 91.1 Å². The number of nitrogens with one attached hydrogen (secondary N) is 1. The van der Waals surface area contributed by atoms with Crippen molar-refractivity contribution in [1.82, 2.24) is 9.88 Å². The Hall–Kier alpha value is -3.41. The molecule has 0 bridgehead atoms. The van der Waals surface area contributed by atoms with E-state index in [0.29, 0.717) is 31.1 Å². The molecule has 3 aromatic rings. The molecule has 198 valence electrons. The number of aliphatic hydroxyl groups excluding tert-OH is 1. The van der Waals surface area contributed by atoms with Gasteiger partial charge >= 0.3 is 6.18 Å². The average Bonchev–Trinajstić information content (AvgIpc) is 3.29. The molecule has 1 aromatic carbocycles. The minimum absolute atomic E-state index is 0.0833. The molecule has 0 aliphatic carbocycles. The van der Waals surface area contributed by atoms with Crippen LogP contribution >= 0.6 is 0 Å². The van der Waals surface area contributed by atoms with Crippen LogP contribution in [0.25, 0.3) is 0 Å². The van der Waals surface area contributed by atoms with E-state index in [-0.39, 0.29) is 12.2 Å². The van der Waals surface area contributed by atoms with Gasteiger partial charge in [-0.3, -0.25) is 9.69 Å². The Morgan fingerprint density at radius 3 is 2.73 bits per heavy atom. The number of halogens is 3. The third-order valence-electron chi connectivity index (χ3n) is 5.97. The second-order valence-corrected chi connectivity index (χ2v) is 8.83. The van der Waals surface area contributed by atoms with Crippen molar-refractivity contribution in [2.24, 2.45) is 0 Å². The maximum Gasteiger partial charge on any atom is 0.416 e. The van der Waals surface area contributed by atoms with E-state index < -0.39 is 23.8 Å². The monoisotopic (exact) mass is 518 g/mol. The quantitative estimate of drug-likeness (QED) is 0.442. The Bertz CT molecular complexity index is 1140. The third-order valence-corrected chi connectivity index (χ3v) is 5.97. The summed E-state index contributed by atoms with van der Waals surface area (Å²) < 4.78 is 49.5. The number of pyridine rings is 1. The fourth-order valence-corrected chi connectivity index (χ4v) is 4.11. The SMILES string of the molecule is O=C(Nc1ccc(N2CCCN(C[C@@H](O)COCc3ccco3)CC2)nc1)c1cccc(C(F)(F)F)c1. The molecule has 0 spiro atoms. The standard InChI is InChI=1S/C26H29F3N4O4/c27-26(28,29)20-5-1-4-19(14-20)25(35)31-21-7-8-24(30-15-21)33-10-3-9-32(11-12-33)16-22(34)17-36-18-23-6-2-13-37-23/h1-2,4-8,13-15,22,34H,3,9-12,16-18H2,(H,31,35)/t22-/m1/s1. The van der Waals surface area contributed by atoms with Gasteiger partial charge in [-0.05, 0) is 55.4 Å². The number of hydrogen-bond donors (Lipinski definition) is 2. The Morgan fingerprint density at radius 1 is 1.14 bits per heavy atom. The van der Waals surface area contributed by atoms with Gasteiger partial charge in [-0.15, -0.1) is 0 Å². The summed E-state index contributed by atoms with van der Waals surface area (Å²) in [6, 6.07) is 11.3. The molecular formula is C26H29F3N4O4. The van der Waals surface area contributed by atoms with E-state index in [1.807, 2.05) is 6.07 Å². The van der Waals surface area contributed by atoms with Gasteiger partial charge in [0.2, 0.25) is 0 Å². The molecule has 4 rings (SSSR count). The molecule has 11 heteroatoms. The second-order valence-electron chi connectivity index (χ2n) is 8.83.